The van der Waals surface area contributed by atoms with Gasteiger partial charge in [-0.05, 0) is 24.6 Å². The van der Waals surface area contributed by atoms with Gasteiger partial charge in [0.15, 0.2) is 5.16 Å². The SMILES string of the molecule is C[C@H](c1ccccc1)N(C)C(=O)CSc1nc2ccccc2c(=O)[nH]1. The zero-order valence-corrected chi connectivity index (χ0v) is 14.9. The average molecular weight is 353 g/mol. The fourth-order valence-corrected chi connectivity index (χ4v) is 3.33. The van der Waals surface area contributed by atoms with E-state index in [9.17, 15) is 9.59 Å². The lowest BCUT2D eigenvalue weighted by molar-refractivity contribution is -0.128. The van der Waals surface area contributed by atoms with E-state index < -0.39 is 0 Å². The molecule has 0 saturated carbocycles. The van der Waals surface area contributed by atoms with Gasteiger partial charge in [-0.1, -0.05) is 54.2 Å². The fourth-order valence-electron chi connectivity index (χ4n) is 2.54. The molecule has 0 spiro atoms. The standard InChI is InChI=1S/C19H19N3O2S/c1-13(14-8-4-3-5-9-14)22(2)17(23)12-25-19-20-16-11-7-6-10-15(16)18(24)21-19/h3-11,13H,12H2,1-2H3,(H,20,21,24)/t13-/m1/s1. The van der Waals surface area contributed by atoms with Crippen LogP contribution >= 0.6 is 11.8 Å². The Kier molecular flexibility index (Phi) is 5.19. The van der Waals surface area contributed by atoms with E-state index in [4.69, 9.17) is 0 Å². The second kappa shape index (κ2) is 7.53. The van der Waals surface area contributed by atoms with Crippen molar-refractivity contribution < 1.29 is 4.79 Å². The van der Waals surface area contributed by atoms with E-state index in [1.807, 2.05) is 43.3 Å². The maximum atomic E-state index is 12.5. The number of nitrogens with zero attached hydrogens (tertiary/aromatic N) is 2. The lowest BCUT2D eigenvalue weighted by Gasteiger charge is -2.25. The number of rotatable bonds is 5. The monoisotopic (exact) mass is 353 g/mol. The number of nitrogens with one attached hydrogen (secondary N) is 1. The number of hydrogen-bond acceptors (Lipinski definition) is 4. The van der Waals surface area contributed by atoms with Gasteiger partial charge in [0.1, 0.15) is 0 Å². The van der Waals surface area contributed by atoms with Gasteiger partial charge < -0.3 is 9.88 Å². The van der Waals surface area contributed by atoms with Crippen LogP contribution in [0.25, 0.3) is 10.9 Å². The molecular formula is C19H19N3O2S. The highest BCUT2D eigenvalue weighted by atomic mass is 32.2. The van der Waals surface area contributed by atoms with E-state index in [0.29, 0.717) is 16.1 Å². The zero-order chi connectivity index (χ0) is 17.8. The highest BCUT2D eigenvalue weighted by Gasteiger charge is 2.17. The van der Waals surface area contributed by atoms with Crippen LogP contribution in [-0.2, 0) is 4.79 Å². The number of H-pyrrole nitrogens is 1. The van der Waals surface area contributed by atoms with Crippen LogP contribution in [0.3, 0.4) is 0 Å². The number of aromatic amines is 1. The maximum absolute atomic E-state index is 12.5. The normalized spacial score (nSPS) is 12.1. The molecule has 0 fully saturated rings. The second-order valence-corrected chi connectivity index (χ2v) is 6.73. The molecule has 0 radical (unpaired) electrons. The Hall–Kier alpha value is -2.60. The minimum absolute atomic E-state index is 0.0158. The quantitative estimate of drug-likeness (QED) is 0.565. The summed E-state index contributed by atoms with van der Waals surface area (Å²) in [7, 11) is 1.79. The van der Waals surface area contributed by atoms with Crippen molar-refractivity contribution in [2.75, 3.05) is 12.8 Å². The summed E-state index contributed by atoms with van der Waals surface area (Å²) in [6.45, 7) is 1.99. The van der Waals surface area contributed by atoms with Crippen molar-refractivity contribution in [3.63, 3.8) is 0 Å². The summed E-state index contributed by atoms with van der Waals surface area (Å²) in [5.41, 5.74) is 1.53. The summed E-state index contributed by atoms with van der Waals surface area (Å²) in [6, 6.07) is 17.0. The van der Waals surface area contributed by atoms with E-state index in [-0.39, 0.29) is 23.3 Å². The molecule has 1 amide bonds. The fraction of sp³-hybridized carbons (Fsp3) is 0.211. The second-order valence-electron chi connectivity index (χ2n) is 5.77. The molecule has 1 atom stereocenters. The molecule has 5 nitrogen and oxygen atoms in total. The van der Waals surface area contributed by atoms with Gasteiger partial charge in [-0.3, -0.25) is 9.59 Å². The van der Waals surface area contributed by atoms with Crippen LogP contribution in [0.5, 0.6) is 0 Å². The molecule has 2 aromatic carbocycles. The largest absolute Gasteiger partial charge is 0.338 e. The summed E-state index contributed by atoms with van der Waals surface area (Å²) < 4.78 is 0. The van der Waals surface area contributed by atoms with Crippen molar-refractivity contribution in [1.82, 2.24) is 14.9 Å². The third kappa shape index (κ3) is 3.91. The van der Waals surface area contributed by atoms with Crippen molar-refractivity contribution in [2.45, 2.75) is 18.1 Å². The predicted molar refractivity (Wildman–Crippen MR) is 101 cm³/mol. The van der Waals surface area contributed by atoms with Crippen LogP contribution in [0.1, 0.15) is 18.5 Å². The van der Waals surface area contributed by atoms with Crippen molar-refractivity contribution in [3.05, 3.63) is 70.5 Å². The minimum Gasteiger partial charge on any atom is -0.338 e. The topological polar surface area (TPSA) is 66.1 Å². The first kappa shape index (κ1) is 17.2. The molecule has 6 heteroatoms. The van der Waals surface area contributed by atoms with Crippen molar-refractivity contribution in [3.8, 4) is 0 Å². The molecule has 25 heavy (non-hydrogen) atoms. The number of carbonyl (C=O) groups is 1. The number of para-hydroxylation sites is 1. The molecule has 0 aliphatic heterocycles. The number of amides is 1. The van der Waals surface area contributed by atoms with Crippen molar-refractivity contribution in [2.24, 2.45) is 0 Å². The Morgan fingerprint density at radius 2 is 1.84 bits per heavy atom. The number of hydrogen-bond donors (Lipinski definition) is 1. The Bertz CT molecular complexity index is 940. The van der Waals surface area contributed by atoms with Gasteiger partial charge in [-0.15, -0.1) is 0 Å². The van der Waals surface area contributed by atoms with Crippen molar-refractivity contribution in [1.29, 1.82) is 0 Å². The lowest BCUT2D eigenvalue weighted by Crippen LogP contribution is -2.31. The van der Waals surface area contributed by atoms with E-state index in [0.717, 1.165) is 5.56 Å². The smallest absolute Gasteiger partial charge is 0.259 e. The molecule has 0 bridgehead atoms. The minimum atomic E-state index is -0.188. The molecule has 3 aromatic rings. The number of fused-ring (bicyclic) bond motifs is 1. The first-order valence-corrected chi connectivity index (χ1v) is 8.97. The molecule has 128 valence electrons. The maximum Gasteiger partial charge on any atom is 0.259 e. The summed E-state index contributed by atoms with van der Waals surface area (Å²) in [4.78, 5) is 33.4. The van der Waals surface area contributed by atoms with Gasteiger partial charge in [0.2, 0.25) is 5.91 Å². The van der Waals surface area contributed by atoms with E-state index >= 15 is 0 Å². The highest BCUT2D eigenvalue weighted by molar-refractivity contribution is 7.99. The van der Waals surface area contributed by atoms with E-state index in [2.05, 4.69) is 9.97 Å². The molecule has 3 rings (SSSR count). The van der Waals surface area contributed by atoms with Gasteiger partial charge in [0, 0.05) is 7.05 Å². The third-order valence-corrected chi connectivity index (χ3v) is 5.04. The zero-order valence-electron chi connectivity index (χ0n) is 14.1. The average Bonchev–Trinajstić information content (AvgIpc) is 2.65. The Balaban J connectivity index is 1.69. The summed E-state index contributed by atoms with van der Waals surface area (Å²) in [6.07, 6.45) is 0. The lowest BCUT2D eigenvalue weighted by atomic mass is 10.1. The summed E-state index contributed by atoms with van der Waals surface area (Å²) in [5, 5.41) is 1.01. The molecule has 0 aliphatic carbocycles. The number of benzene rings is 2. The number of thioether (sulfide) groups is 1. The van der Waals surface area contributed by atoms with Crippen molar-refractivity contribution >= 4 is 28.6 Å². The number of carbonyl (C=O) groups excluding carboxylic acids is 1. The molecule has 0 unspecified atom stereocenters. The van der Waals surface area contributed by atoms with Gasteiger partial charge in [0.25, 0.3) is 5.56 Å². The van der Waals surface area contributed by atoms with Crippen LogP contribution < -0.4 is 5.56 Å². The summed E-state index contributed by atoms with van der Waals surface area (Å²) >= 11 is 1.24. The third-order valence-electron chi connectivity index (χ3n) is 4.18. The van der Waals surface area contributed by atoms with Crippen LogP contribution in [-0.4, -0.2) is 33.6 Å². The first-order valence-electron chi connectivity index (χ1n) is 7.98. The molecule has 1 N–H and O–H groups in total. The van der Waals surface area contributed by atoms with Crippen LogP contribution in [0.4, 0.5) is 0 Å². The van der Waals surface area contributed by atoms with Gasteiger partial charge in [-0.25, -0.2) is 4.98 Å². The number of aromatic nitrogens is 2. The Morgan fingerprint density at radius 1 is 1.16 bits per heavy atom. The van der Waals surface area contributed by atoms with E-state index in [1.54, 1.807) is 30.1 Å². The predicted octanol–water partition coefficient (Wildman–Crippen LogP) is 3.23. The van der Waals surface area contributed by atoms with Gasteiger partial charge in [-0.2, -0.15) is 0 Å². The first-order chi connectivity index (χ1) is 12.1. The Labute approximate surface area is 150 Å². The molecule has 1 heterocycles. The molecular weight excluding hydrogens is 334 g/mol. The van der Waals surface area contributed by atoms with Gasteiger partial charge >= 0.3 is 0 Å². The van der Waals surface area contributed by atoms with Crippen LogP contribution in [0.2, 0.25) is 0 Å². The molecule has 1 aromatic heterocycles. The molecule has 0 aliphatic rings. The van der Waals surface area contributed by atoms with Gasteiger partial charge in [0.05, 0.1) is 22.7 Å². The molecule has 0 saturated heterocycles. The van der Waals surface area contributed by atoms with Crippen LogP contribution in [0.15, 0.2) is 64.5 Å². The Morgan fingerprint density at radius 3 is 2.60 bits per heavy atom. The summed E-state index contributed by atoms with van der Waals surface area (Å²) in [5.74, 6) is 0.201. The van der Waals surface area contributed by atoms with E-state index in [1.165, 1.54) is 11.8 Å². The van der Waals surface area contributed by atoms with Crippen LogP contribution in [0, 0.1) is 0 Å². The highest BCUT2D eigenvalue weighted by Crippen LogP contribution is 2.21.